The summed E-state index contributed by atoms with van der Waals surface area (Å²) in [6.45, 7) is -0.121. The Labute approximate surface area is 140 Å². The molecule has 2 aromatic rings. The first-order valence-electron chi connectivity index (χ1n) is 7.41. The topological polar surface area (TPSA) is 58.6 Å². The smallest absolute Gasteiger partial charge is 0.243 e. The summed E-state index contributed by atoms with van der Waals surface area (Å²) >= 11 is 0. The highest BCUT2D eigenvalue weighted by Gasteiger charge is 2.15. The first kappa shape index (κ1) is 17.5. The number of nitrogens with zero attached hydrogens (tertiary/aromatic N) is 1. The van der Waals surface area contributed by atoms with Gasteiger partial charge in [0, 0.05) is 18.3 Å². The lowest BCUT2D eigenvalue weighted by atomic mass is 10.1. The lowest BCUT2D eigenvalue weighted by molar-refractivity contribution is -0.132. The van der Waals surface area contributed by atoms with Crippen molar-refractivity contribution in [2.75, 3.05) is 26.0 Å². The van der Waals surface area contributed by atoms with Gasteiger partial charge in [-0.15, -0.1) is 0 Å². The van der Waals surface area contributed by atoms with Crippen LogP contribution in [0.5, 0.6) is 5.75 Å². The minimum absolute atomic E-state index is 0.121. The van der Waals surface area contributed by atoms with Crippen LogP contribution in [0, 0.1) is 5.82 Å². The minimum atomic E-state index is -0.437. The van der Waals surface area contributed by atoms with Crippen molar-refractivity contribution < 1.29 is 18.7 Å². The van der Waals surface area contributed by atoms with Crippen LogP contribution in [-0.2, 0) is 16.0 Å². The third-order valence-corrected chi connectivity index (χ3v) is 3.45. The lowest BCUT2D eigenvalue weighted by Crippen LogP contribution is -2.35. The molecule has 0 atom stereocenters. The molecular formula is C18H19FN2O3. The van der Waals surface area contributed by atoms with E-state index in [2.05, 4.69) is 5.32 Å². The van der Waals surface area contributed by atoms with Crippen molar-refractivity contribution in [3.8, 4) is 5.75 Å². The number of likely N-dealkylation sites (N-methyl/N-ethyl adjacent to an activating group) is 1. The number of carbonyl (C=O) groups excluding carboxylic acids is 2. The summed E-state index contributed by atoms with van der Waals surface area (Å²) in [4.78, 5) is 25.5. The van der Waals surface area contributed by atoms with Gasteiger partial charge in [0.05, 0.1) is 20.1 Å². The Kier molecular flexibility index (Phi) is 5.89. The van der Waals surface area contributed by atoms with Crippen molar-refractivity contribution >= 4 is 17.5 Å². The maximum absolute atomic E-state index is 13.1. The van der Waals surface area contributed by atoms with E-state index >= 15 is 0 Å². The molecule has 0 aliphatic rings. The average molecular weight is 330 g/mol. The molecule has 1 N–H and O–H groups in total. The number of hydrogen-bond acceptors (Lipinski definition) is 3. The monoisotopic (exact) mass is 330 g/mol. The molecule has 0 bridgehead atoms. The maximum Gasteiger partial charge on any atom is 0.243 e. The minimum Gasteiger partial charge on any atom is -0.496 e. The Morgan fingerprint density at radius 2 is 1.92 bits per heavy atom. The summed E-state index contributed by atoms with van der Waals surface area (Å²) in [5.74, 6) is -0.415. The van der Waals surface area contributed by atoms with Crippen molar-refractivity contribution in [2.45, 2.75) is 6.42 Å². The summed E-state index contributed by atoms with van der Waals surface area (Å²) in [6.07, 6.45) is 0.133. The Hall–Kier alpha value is -2.89. The number of carbonyl (C=O) groups is 2. The summed E-state index contributed by atoms with van der Waals surface area (Å²) < 4.78 is 18.3. The fraction of sp³-hybridized carbons (Fsp3) is 0.222. The second-order valence-electron chi connectivity index (χ2n) is 5.30. The van der Waals surface area contributed by atoms with Crippen molar-refractivity contribution in [3.63, 3.8) is 0 Å². The molecule has 2 amide bonds. The zero-order chi connectivity index (χ0) is 17.5. The summed E-state index contributed by atoms with van der Waals surface area (Å²) in [7, 11) is 3.09. The zero-order valence-electron chi connectivity index (χ0n) is 13.6. The number of halogens is 1. The Bertz CT molecular complexity index is 734. The van der Waals surface area contributed by atoms with E-state index in [9.17, 15) is 14.0 Å². The van der Waals surface area contributed by atoms with Crippen LogP contribution in [0.3, 0.4) is 0 Å². The first-order chi connectivity index (χ1) is 11.5. The van der Waals surface area contributed by atoms with Crippen LogP contribution in [0.25, 0.3) is 0 Å². The van der Waals surface area contributed by atoms with E-state index < -0.39 is 11.7 Å². The van der Waals surface area contributed by atoms with Crippen LogP contribution in [-0.4, -0.2) is 37.4 Å². The summed E-state index contributed by atoms with van der Waals surface area (Å²) in [6, 6.07) is 12.8. The maximum atomic E-state index is 13.1. The van der Waals surface area contributed by atoms with Crippen molar-refractivity contribution in [3.05, 3.63) is 59.9 Å². The SMILES string of the molecule is COc1ccccc1CC(=O)N(C)CC(=O)Nc1cccc(F)c1. The molecule has 0 fully saturated rings. The molecule has 0 unspecified atom stereocenters. The van der Waals surface area contributed by atoms with Crippen molar-refractivity contribution in [1.82, 2.24) is 4.90 Å². The third-order valence-electron chi connectivity index (χ3n) is 3.45. The van der Waals surface area contributed by atoms with Crippen LogP contribution < -0.4 is 10.1 Å². The van der Waals surface area contributed by atoms with E-state index in [1.807, 2.05) is 12.1 Å². The zero-order valence-corrected chi connectivity index (χ0v) is 13.6. The van der Waals surface area contributed by atoms with Crippen molar-refractivity contribution in [1.29, 1.82) is 0 Å². The largest absolute Gasteiger partial charge is 0.496 e. The molecular weight excluding hydrogens is 311 g/mol. The highest BCUT2D eigenvalue weighted by Crippen LogP contribution is 2.18. The fourth-order valence-corrected chi connectivity index (χ4v) is 2.22. The number of ether oxygens (including phenoxy) is 1. The highest BCUT2D eigenvalue weighted by atomic mass is 19.1. The van der Waals surface area contributed by atoms with E-state index in [0.717, 1.165) is 5.56 Å². The molecule has 0 spiro atoms. The molecule has 2 rings (SSSR count). The van der Waals surface area contributed by atoms with E-state index in [1.165, 1.54) is 23.1 Å². The van der Waals surface area contributed by atoms with Gasteiger partial charge in [-0.3, -0.25) is 9.59 Å². The van der Waals surface area contributed by atoms with Gasteiger partial charge in [-0.1, -0.05) is 24.3 Å². The molecule has 0 saturated carbocycles. The number of benzene rings is 2. The van der Waals surface area contributed by atoms with Gasteiger partial charge >= 0.3 is 0 Å². The van der Waals surface area contributed by atoms with Gasteiger partial charge in [0.2, 0.25) is 11.8 Å². The fourth-order valence-electron chi connectivity index (χ4n) is 2.22. The standard InChI is InChI=1S/C18H19FN2O3/c1-21(12-17(22)20-15-8-5-7-14(19)11-15)18(23)10-13-6-3-4-9-16(13)24-2/h3-9,11H,10,12H2,1-2H3,(H,20,22). The molecule has 24 heavy (non-hydrogen) atoms. The van der Waals surface area contributed by atoms with Crippen LogP contribution >= 0.6 is 0 Å². The molecule has 0 radical (unpaired) electrons. The number of methoxy groups -OCH3 is 1. The molecule has 0 aliphatic heterocycles. The van der Waals surface area contributed by atoms with E-state index in [0.29, 0.717) is 11.4 Å². The predicted octanol–water partition coefficient (Wildman–Crippen LogP) is 2.47. The molecule has 0 aliphatic carbocycles. The number of rotatable bonds is 6. The van der Waals surface area contributed by atoms with Gasteiger partial charge in [-0.25, -0.2) is 4.39 Å². The molecule has 126 valence electrons. The van der Waals surface area contributed by atoms with Crippen LogP contribution in [0.15, 0.2) is 48.5 Å². The van der Waals surface area contributed by atoms with Gasteiger partial charge < -0.3 is 15.0 Å². The quantitative estimate of drug-likeness (QED) is 0.885. The molecule has 5 nitrogen and oxygen atoms in total. The molecule has 2 aromatic carbocycles. The molecule has 0 aromatic heterocycles. The van der Waals surface area contributed by atoms with Crippen LogP contribution in [0.2, 0.25) is 0 Å². The van der Waals surface area contributed by atoms with E-state index in [1.54, 1.807) is 32.4 Å². The number of amides is 2. The van der Waals surface area contributed by atoms with Gasteiger partial charge in [-0.05, 0) is 24.3 Å². The van der Waals surface area contributed by atoms with Crippen LogP contribution in [0.4, 0.5) is 10.1 Å². The van der Waals surface area contributed by atoms with Crippen LogP contribution in [0.1, 0.15) is 5.56 Å². The van der Waals surface area contributed by atoms with E-state index in [-0.39, 0.29) is 18.9 Å². The van der Waals surface area contributed by atoms with Gasteiger partial charge in [-0.2, -0.15) is 0 Å². The Morgan fingerprint density at radius 3 is 2.62 bits per heavy atom. The molecule has 6 heteroatoms. The van der Waals surface area contributed by atoms with Gasteiger partial charge in [0.15, 0.2) is 0 Å². The van der Waals surface area contributed by atoms with E-state index in [4.69, 9.17) is 4.74 Å². The first-order valence-corrected chi connectivity index (χ1v) is 7.41. The van der Waals surface area contributed by atoms with Gasteiger partial charge in [0.25, 0.3) is 0 Å². The molecule has 0 saturated heterocycles. The third kappa shape index (κ3) is 4.81. The second kappa shape index (κ2) is 8.10. The Balaban J connectivity index is 1.92. The number of hydrogen-bond donors (Lipinski definition) is 1. The van der Waals surface area contributed by atoms with Crippen molar-refractivity contribution in [2.24, 2.45) is 0 Å². The lowest BCUT2D eigenvalue weighted by Gasteiger charge is -2.17. The highest BCUT2D eigenvalue weighted by molar-refractivity contribution is 5.94. The summed E-state index contributed by atoms with van der Waals surface area (Å²) in [5.41, 5.74) is 1.10. The summed E-state index contributed by atoms with van der Waals surface area (Å²) in [5, 5.41) is 2.56. The number of anilines is 1. The number of para-hydroxylation sites is 1. The normalized spacial score (nSPS) is 10.1. The molecule has 0 heterocycles. The van der Waals surface area contributed by atoms with Gasteiger partial charge in [0.1, 0.15) is 11.6 Å². The average Bonchev–Trinajstić information content (AvgIpc) is 2.55. The Morgan fingerprint density at radius 1 is 1.17 bits per heavy atom. The number of nitrogens with one attached hydrogen (secondary N) is 1. The predicted molar refractivity (Wildman–Crippen MR) is 89.4 cm³/mol. The second-order valence-corrected chi connectivity index (χ2v) is 5.30.